The summed E-state index contributed by atoms with van der Waals surface area (Å²) in [6.45, 7) is 6.18. The summed E-state index contributed by atoms with van der Waals surface area (Å²) in [6, 6.07) is 16.1. The number of allylic oxidation sites excluding steroid dienone is 1. The molecule has 0 aromatic heterocycles. The third-order valence-corrected chi connectivity index (χ3v) is 4.63. The van der Waals surface area contributed by atoms with Gasteiger partial charge in [-0.3, -0.25) is 0 Å². The molecule has 0 heteroatoms. The Labute approximate surface area is 128 Å². The molecule has 3 rings (SSSR count). The maximum Gasteiger partial charge on any atom is -0.0181 e. The highest BCUT2D eigenvalue weighted by molar-refractivity contribution is 5.65. The molecule has 21 heavy (non-hydrogen) atoms. The monoisotopic (exact) mass is 276 g/mol. The van der Waals surface area contributed by atoms with Gasteiger partial charge in [-0.05, 0) is 59.4 Å². The number of hydrogen-bond donors (Lipinski definition) is 0. The maximum atomic E-state index is 3.95. The highest BCUT2D eigenvalue weighted by Gasteiger charge is 2.16. The lowest BCUT2D eigenvalue weighted by Crippen LogP contribution is -2.11. The molecule has 0 amide bonds. The Morgan fingerprint density at radius 3 is 2.52 bits per heavy atom. The van der Waals surface area contributed by atoms with Crippen molar-refractivity contribution in [3.05, 3.63) is 71.8 Å². The molecule has 0 radical (unpaired) electrons. The van der Waals surface area contributed by atoms with Crippen LogP contribution in [0.1, 0.15) is 36.5 Å². The fraction of sp³-hybridized carbons (Fsp3) is 0.333. The Bertz CT molecular complexity index is 619. The topological polar surface area (TPSA) is 0 Å². The minimum absolute atomic E-state index is 0.664. The molecule has 2 aromatic rings. The average Bonchev–Trinajstić information content (AvgIpc) is 2.55. The summed E-state index contributed by atoms with van der Waals surface area (Å²) in [4.78, 5) is 0. The number of hydrogen-bond acceptors (Lipinski definition) is 0. The number of aryl methyl sites for hydroxylation is 2. The van der Waals surface area contributed by atoms with E-state index < -0.39 is 0 Å². The van der Waals surface area contributed by atoms with Crippen molar-refractivity contribution in [3.63, 3.8) is 0 Å². The third kappa shape index (κ3) is 3.10. The van der Waals surface area contributed by atoms with Crippen molar-refractivity contribution in [2.45, 2.75) is 39.0 Å². The maximum absolute atomic E-state index is 3.95. The quantitative estimate of drug-likeness (QED) is 0.638. The van der Waals surface area contributed by atoms with Crippen molar-refractivity contribution in [1.29, 1.82) is 0 Å². The van der Waals surface area contributed by atoms with Crippen LogP contribution in [0.15, 0.2) is 55.1 Å². The lowest BCUT2D eigenvalue weighted by atomic mass is 9.83. The largest absolute Gasteiger partial charge is 0.103 e. The smallest absolute Gasteiger partial charge is 0.0181 e. The minimum atomic E-state index is 0.664. The molecule has 0 nitrogen and oxygen atoms in total. The van der Waals surface area contributed by atoms with E-state index >= 15 is 0 Å². The SMILES string of the molecule is C=CC1CCc2cc(-c3ccc(CCC)cc3)ccc2C1. The van der Waals surface area contributed by atoms with Gasteiger partial charge < -0.3 is 0 Å². The van der Waals surface area contributed by atoms with Crippen LogP contribution >= 0.6 is 0 Å². The van der Waals surface area contributed by atoms with Crippen LogP contribution < -0.4 is 0 Å². The average molecular weight is 276 g/mol. The van der Waals surface area contributed by atoms with Crippen LogP contribution in [-0.2, 0) is 19.3 Å². The van der Waals surface area contributed by atoms with Crippen LogP contribution in [0.25, 0.3) is 11.1 Å². The molecule has 0 bridgehead atoms. The van der Waals surface area contributed by atoms with Crippen LogP contribution in [0.4, 0.5) is 0 Å². The zero-order chi connectivity index (χ0) is 14.7. The fourth-order valence-electron chi connectivity index (χ4n) is 3.32. The Balaban J connectivity index is 1.85. The standard InChI is InChI=1S/C21H24/c1-3-5-17-7-9-18(10-8-17)20-13-12-19-14-16(4-2)6-11-21(19)15-20/h4,7-10,12-13,15-16H,2-3,5-6,11,14H2,1H3. The highest BCUT2D eigenvalue weighted by Crippen LogP contribution is 2.30. The van der Waals surface area contributed by atoms with Gasteiger partial charge in [0.2, 0.25) is 0 Å². The first-order valence-electron chi connectivity index (χ1n) is 8.14. The molecule has 0 saturated heterocycles. The van der Waals surface area contributed by atoms with Gasteiger partial charge in [-0.2, -0.15) is 0 Å². The molecule has 108 valence electrons. The molecule has 0 spiro atoms. The lowest BCUT2D eigenvalue weighted by Gasteiger charge is -2.22. The van der Waals surface area contributed by atoms with Crippen LogP contribution in [0.3, 0.4) is 0 Å². The Hall–Kier alpha value is -1.82. The van der Waals surface area contributed by atoms with E-state index in [2.05, 4.69) is 62.0 Å². The molecule has 0 aliphatic heterocycles. The van der Waals surface area contributed by atoms with Crippen LogP contribution in [0.2, 0.25) is 0 Å². The van der Waals surface area contributed by atoms with Gasteiger partial charge in [0.05, 0.1) is 0 Å². The molecular formula is C21H24. The predicted molar refractivity (Wildman–Crippen MR) is 91.6 cm³/mol. The van der Waals surface area contributed by atoms with Crippen molar-refractivity contribution in [2.24, 2.45) is 5.92 Å². The molecule has 1 atom stereocenters. The van der Waals surface area contributed by atoms with Crippen LogP contribution in [-0.4, -0.2) is 0 Å². The summed E-state index contributed by atoms with van der Waals surface area (Å²) in [6.07, 6.45) is 8.09. The van der Waals surface area contributed by atoms with E-state index in [0.717, 1.165) is 6.42 Å². The Morgan fingerprint density at radius 1 is 1.05 bits per heavy atom. The second kappa shape index (κ2) is 6.30. The highest BCUT2D eigenvalue weighted by atomic mass is 14.2. The number of benzene rings is 2. The summed E-state index contributed by atoms with van der Waals surface area (Å²) >= 11 is 0. The van der Waals surface area contributed by atoms with Gasteiger partial charge in [-0.1, -0.05) is 61.9 Å². The van der Waals surface area contributed by atoms with E-state index in [1.165, 1.54) is 53.5 Å². The normalized spacial score (nSPS) is 17.3. The zero-order valence-electron chi connectivity index (χ0n) is 12.9. The Kier molecular flexibility index (Phi) is 4.24. The van der Waals surface area contributed by atoms with E-state index in [-0.39, 0.29) is 0 Å². The lowest BCUT2D eigenvalue weighted by molar-refractivity contribution is 0.554. The zero-order valence-corrected chi connectivity index (χ0v) is 12.9. The van der Waals surface area contributed by atoms with E-state index in [9.17, 15) is 0 Å². The molecule has 2 aromatic carbocycles. The van der Waals surface area contributed by atoms with Gasteiger partial charge in [0.25, 0.3) is 0 Å². The molecule has 0 saturated carbocycles. The molecule has 1 unspecified atom stereocenters. The predicted octanol–water partition coefficient (Wildman–Crippen LogP) is 5.60. The van der Waals surface area contributed by atoms with Gasteiger partial charge >= 0.3 is 0 Å². The first kappa shape index (κ1) is 14.1. The molecule has 0 heterocycles. The molecule has 1 aliphatic carbocycles. The molecular weight excluding hydrogens is 252 g/mol. The third-order valence-electron chi connectivity index (χ3n) is 4.63. The number of fused-ring (bicyclic) bond motifs is 1. The van der Waals surface area contributed by atoms with Crippen LogP contribution in [0, 0.1) is 5.92 Å². The number of rotatable bonds is 4. The van der Waals surface area contributed by atoms with Gasteiger partial charge in [-0.15, -0.1) is 6.58 Å². The van der Waals surface area contributed by atoms with Gasteiger partial charge in [-0.25, -0.2) is 0 Å². The van der Waals surface area contributed by atoms with Crippen molar-refractivity contribution in [1.82, 2.24) is 0 Å². The summed E-state index contributed by atoms with van der Waals surface area (Å²) in [7, 11) is 0. The fourth-order valence-corrected chi connectivity index (χ4v) is 3.32. The van der Waals surface area contributed by atoms with E-state index in [4.69, 9.17) is 0 Å². The first-order chi connectivity index (χ1) is 10.3. The summed E-state index contributed by atoms with van der Waals surface area (Å²) in [5.74, 6) is 0.664. The minimum Gasteiger partial charge on any atom is -0.103 e. The van der Waals surface area contributed by atoms with Gasteiger partial charge in [0.1, 0.15) is 0 Å². The summed E-state index contributed by atoms with van der Waals surface area (Å²) in [5, 5.41) is 0. The van der Waals surface area contributed by atoms with Crippen molar-refractivity contribution < 1.29 is 0 Å². The summed E-state index contributed by atoms with van der Waals surface area (Å²) in [5.41, 5.74) is 7.17. The van der Waals surface area contributed by atoms with E-state index in [0.29, 0.717) is 5.92 Å². The molecule has 0 fully saturated rings. The van der Waals surface area contributed by atoms with Crippen molar-refractivity contribution in [3.8, 4) is 11.1 Å². The Morgan fingerprint density at radius 2 is 1.81 bits per heavy atom. The summed E-state index contributed by atoms with van der Waals surface area (Å²) < 4.78 is 0. The van der Waals surface area contributed by atoms with Crippen molar-refractivity contribution >= 4 is 0 Å². The van der Waals surface area contributed by atoms with Crippen LogP contribution in [0.5, 0.6) is 0 Å². The first-order valence-corrected chi connectivity index (χ1v) is 8.14. The van der Waals surface area contributed by atoms with Crippen molar-refractivity contribution in [2.75, 3.05) is 0 Å². The van der Waals surface area contributed by atoms with Gasteiger partial charge in [0.15, 0.2) is 0 Å². The molecule has 0 N–H and O–H groups in total. The second-order valence-electron chi connectivity index (χ2n) is 6.17. The van der Waals surface area contributed by atoms with E-state index in [1.807, 2.05) is 0 Å². The molecule has 1 aliphatic rings. The van der Waals surface area contributed by atoms with E-state index in [1.54, 1.807) is 0 Å². The second-order valence-corrected chi connectivity index (χ2v) is 6.17. The van der Waals surface area contributed by atoms with Gasteiger partial charge in [0, 0.05) is 0 Å².